The van der Waals surface area contributed by atoms with E-state index in [1.54, 1.807) is 58.7 Å². The molecule has 0 spiro atoms. The molecule has 10 nitrogen and oxygen atoms in total. The Hall–Kier alpha value is -3.70. The van der Waals surface area contributed by atoms with Crippen LogP contribution in [0.25, 0.3) is 11.0 Å². The maximum Gasteiger partial charge on any atom is 0.329 e. The number of nitrogens with zero attached hydrogens (tertiary/aromatic N) is 4. The van der Waals surface area contributed by atoms with Crippen molar-refractivity contribution in [3.8, 4) is 5.75 Å². The third kappa shape index (κ3) is 4.88. The molecule has 3 heterocycles. The minimum atomic E-state index is -0.875. The first-order valence-electron chi connectivity index (χ1n) is 13.5. The van der Waals surface area contributed by atoms with Gasteiger partial charge in [0.05, 0.1) is 30.4 Å². The number of carbonyl (C=O) groups excluding carboxylic acids is 2. The van der Waals surface area contributed by atoms with E-state index in [4.69, 9.17) is 14.2 Å². The van der Waals surface area contributed by atoms with Crippen LogP contribution in [-0.4, -0.2) is 66.6 Å². The number of benzene rings is 2. The second kappa shape index (κ2) is 11.4. The molecule has 2 aromatic carbocycles. The molecule has 1 atom stereocenters. The van der Waals surface area contributed by atoms with Crippen LogP contribution in [0.5, 0.6) is 5.75 Å². The molecule has 0 N–H and O–H groups in total. The molecule has 5 rings (SSSR count). The predicted molar refractivity (Wildman–Crippen MR) is 147 cm³/mol. The highest BCUT2D eigenvalue weighted by atomic mass is 19.1. The Morgan fingerprint density at radius 2 is 1.62 bits per heavy atom. The number of piperidine rings is 2. The lowest BCUT2D eigenvalue weighted by Crippen LogP contribution is -2.47. The standard InChI is InChI=1S/C29H35FN4O6/c1-31-26-22(10-9-21(30)25(26)32-15-13-19(14-16-32)28(39-3)40-4)34(29(31)37)23-11-12-24(35)33(27(23)36)17-18-5-7-20(38-2)8-6-18/h5-10,19,23,28H,11-17H2,1-4H3. The molecule has 40 heavy (non-hydrogen) atoms. The molecule has 1 unspecified atom stereocenters. The van der Waals surface area contributed by atoms with E-state index in [-0.39, 0.29) is 37.5 Å². The molecule has 3 aromatic rings. The maximum absolute atomic E-state index is 15.4. The Balaban J connectivity index is 1.47. The average Bonchev–Trinajstić information content (AvgIpc) is 3.22. The van der Waals surface area contributed by atoms with Gasteiger partial charge in [-0.05, 0) is 49.1 Å². The summed E-state index contributed by atoms with van der Waals surface area (Å²) in [6.07, 6.45) is 1.47. The lowest BCUT2D eigenvalue weighted by molar-refractivity contribution is -0.151. The molecule has 1 aromatic heterocycles. The summed E-state index contributed by atoms with van der Waals surface area (Å²) in [5.41, 5.74) is 1.59. The number of likely N-dealkylation sites (tertiary alicyclic amines) is 1. The summed E-state index contributed by atoms with van der Waals surface area (Å²) in [5, 5.41) is 0. The van der Waals surface area contributed by atoms with E-state index in [0.29, 0.717) is 35.6 Å². The topological polar surface area (TPSA) is 95.2 Å². The van der Waals surface area contributed by atoms with Crippen molar-refractivity contribution in [3.05, 3.63) is 58.3 Å². The lowest BCUT2D eigenvalue weighted by Gasteiger charge is -2.36. The van der Waals surface area contributed by atoms with Crippen molar-refractivity contribution >= 4 is 28.5 Å². The quantitative estimate of drug-likeness (QED) is 0.312. The smallest absolute Gasteiger partial charge is 0.329 e. The van der Waals surface area contributed by atoms with Gasteiger partial charge in [-0.25, -0.2) is 9.18 Å². The van der Waals surface area contributed by atoms with E-state index in [1.807, 2.05) is 4.90 Å². The fraction of sp³-hybridized carbons (Fsp3) is 0.483. The Morgan fingerprint density at radius 1 is 0.950 bits per heavy atom. The minimum absolute atomic E-state index is 0.0937. The Kier molecular flexibility index (Phi) is 7.95. The molecule has 214 valence electrons. The molecule has 0 saturated carbocycles. The van der Waals surface area contributed by atoms with Gasteiger partial charge in [-0.1, -0.05) is 12.1 Å². The number of amides is 2. The summed E-state index contributed by atoms with van der Waals surface area (Å²) >= 11 is 0. The largest absolute Gasteiger partial charge is 0.497 e. The summed E-state index contributed by atoms with van der Waals surface area (Å²) in [4.78, 5) is 43.2. The number of carbonyl (C=O) groups is 2. The highest BCUT2D eigenvalue weighted by Gasteiger charge is 2.38. The number of anilines is 1. The van der Waals surface area contributed by atoms with Crippen LogP contribution in [0.2, 0.25) is 0 Å². The van der Waals surface area contributed by atoms with Crippen molar-refractivity contribution in [2.24, 2.45) is 13.0 Å². The number of hydrogen-bond acceptors (Lipinski definition) is 7. The van der Waals surface area contributed by atoms with Gasteiger partial charge in [-0.3, -0.25) is 23.6 Å². The second-order valence-electron chi connectivity index (χ2n) is 10.4. The normalized spacial score (nSPS) is 18.8. The van der Waals surface area contributed by atoms with E-state index in [0.717, 1.165) is 18.4 Å². The number of aromatic nitrogens is 2. The number of hydrogen-bond donors (Lipinski definition) is 0. The molecule has 0 aliphatic carbocycles. The zero-order valence-corrected chi connectivity index (χ0v) is 23.3. The number of halogens is 1. The second-order valence-corrected chi connectivity index (χ2v) is 10.4. The molecule has 0 radical (unpaired) electrons. The van der Waals surface area contributed by atoms with E-state index >= 15 is 4.39 Å². The van der Waals surface area contributed by atoms with Crippen LogP contribution in [0.15, 0.2) is 41.2 Å². The number of rotatable bonds is 8. The summed E-state index contributed by atoms with van der Waals surface area (Å²) in [6.45, 7) is 1.22. The van der Waals surface area contributed by atoms with Crippen molar-refractivity contribution in [2.75, 3.05) is 39.3 Å². The van der Waals surface area contributed by atoms with Gasteiger partial charge in [0.15, 0.2) is 6.29 Å². The van der Waals surface area contributed by atoms with Gasteiger partial charge in [0, 0.05) is 46.7 Å². The van der Waals surface area contributed by atoms with Crippen LogP contribution in [0, 0.1) is 11.7 Å². The van der Waals surface area contributed by atoms with Crippen molar-refractivity contribution in [2.45, 2.75) is 44.6 Å². The zero-order chi connectivity index (χ0) is 28.6. The molecular formula is C29H35FN4O6. The summed E-state index contributed by atoms with van der Waals surface area (Å²) in [6, 6.07) is 9.15. The van der Waals surface area contributed by atoms with E-state index in [9.17, 15) is 14.4 Å². The Bertz CT molecular complexity index is 1450. The first kappa shape index (κ1) is 27.9. The van der Waals surface area contributed by atoms with Crippen LogP contribution in [-0.2, 0) is 32.7 Å². The van der Waals surface area contributed by atoms with Crippen molar-refractivity contribution in [1.82, 2.24) is 14.0 Å². The molecule has 2 aliphatic heterocycles. The van der Waals surface area contributed by atoms with Gasteiger partial charge in [0.2, 0.25) is 5.91 Å². The van der Waals surface area contributed by atoms with Crippen LogP contribution in [0.3, 0.4) is 0 Å². The fourth-order valence-corrected chi connectivity index (χ4v) is 6.05. The van der Waals surface area contributed by atoms with E-state index in [2.05, 4.69) is 0 Å². The molecule has 0 bridgehead atoms. The van der Waals surface area contributed by atoms with Gasteiger partial charge in [0.1, 0.15) is 17.6 Å². The first-order valence-corrected chi connectivity index (χ1v) is 13.5. The summed E-state index contributed by atoms with van der Waals surface area (Å²) in [7, 11) is 6.38. The van der Waals surface area contributed by atoms with Gasteiger partial charge in [-0.2, -0.15) is 0 Å². The fourth-order valence-electron chi connectivity index (χ4n) is 6.05. The van der Waals surface area contributed by atoms with Crippen molar-refractivity contribution in [1.29, 1.82) is 0 Å². The number of aryl methyl sites for hydroxylation is 1. The number of ether oxygens (including phenoxy) is 3. The highest BCUT2D eigenvalue weighted by molar-refractivity contribution is 6.00. The first-order chi connectivity index (χ1) is 19.3. The van der Waals surface area contributed by atoms with Crippen LogP contribution >= 0.6 is 0 Å². The molecule has 2 saturated heterocycles. The third-order valence-electron chi connectivity index (χ3n) is 8.17. The van der Waals surface area contributed by atoms with Crippen LogP contribution < -0.4 is 15.3 Å². The highest BCUT2D eigenvalue weighted by Crippen LogP contribution is 2.36. The molecule has 2 amide bonds. The van der Waals surface area contributed by atoms with Gasteiger partial charge >= 0.3 is 5.69 Å². The Labute approximate surface area is 231 Å². The third-order valence-corrected chi connectivity index (χ3v) is 8.17. The summed E-state index contributed by atoms with van der Waals surface area (Å²) < 4.78 is 34.3. The number of fused-ring (bicyclic) bond motifs is 1. The van der Waals surface area contributed by atoms with Crippen molar-refractivity contribution < 1.29 is 28.2 Å². The van der Waals surface area contributed by atoms with Crippen LogP contribution in [0.4, 0.5) is 10.1 Å². The minimum Gasteiger partial charge on any atom is -0.497 e. The summed E-state index contributed by atoms with van der Waals surface area (Å²) in [5.74, 6) is -0.315. The zero-order valence-electron chi connectivity index (χ0n) is 23.3. The van der Waals surface area contributed by atoms with Crippen molar-refractivity contribution in [3.63, 3.8) is 0 Å². The number of imide groups is 1. The molecule has 2 fully saturated rings. The lowest BCUT2D eigenvalue weighted by atomic mass is 9.95. The maximum atomic E-state index is 15.4. The number of imidazole rings is 1. The monoisotopic (exact) mass is 554 g/mol. The molecule has 2 aliphatic rings. The predicted octanol–water partition coefficient (Wildman–Crippen LogP) is 3.21. The SMILES string of the molecule is COc1ccc(CN2C(=O)CCC(n3c(=O)n(C)c4c(N5CCC(C(OC)OC)CC5)c(F)ccc43)C2=O)cc1. The number of methoxy groups -OCH3 is 3. The van der Waals surface area contributed by atoms with Gasteiger partial charge in [0.25, 0.3) is 5.91 Å². The molecule has 11 heteroatoms. The van der Waals surface area contributed by atoms with E-state index in [1.165, 1.54) is 20.1 Å². The van der Waals surface area contributed by atoms with Gasteiger partial charge < -0.3 is 19.1 Å². The van der Waals surface area contributed by atoms with E-state index < -0.39 is 23.5 Å². The Morgan fingerprint density at radius 3 is 2.25 bits per heavy atom. The van der Waals surface area contributed by atoms with Crippen LogP contribution in [0.1, 0.15) is 37.3 Å². The van der Waals surface area contributed by atoms with Gasteiger partial charge in [-0.15, -0.1) is 0 Å². The average molecular weight is 555 g/mol. The molecular weight excluding hydrogens is 519 g/mol.